The summed E-state index contributed by atoms with van der Waals surface area (Å²) in [7, 11) is 0. The fourth-order valence-corrected chi connectivity index (χ4v) is 3.81. The Morgan fingerprint density at radius 2 is 1.82 bits per heavy atom. The number of carbonyl (C=O) groups excluding carboxylic acids is 1. The third-order valence-electron chi connectivity index (χ3n) is 5.47. The van der Waals surface area contributed by atoms with Crippen molar-refractivity contribution in [2.45, 2.75) is 25.9 Å². The first-order valence-corrected chi connectivity index (χ1v) is 11.0. The van der Waals surface area contributed by atoms with Gasteiger partial charge in [-0.15, -0.1) is 0 Å². The highest BCUT2D eigenvalue weighted by atomic mass is 35.5. The third kappa shape index (κ3) is 5.08. The maximum Gasteiger partial charge on any atom is 0.276 e. The fourth-order valence-electron chi connectivity index (χ4n) is 3.69. The molecule has 0 aliphatic carbocycles. The van der Waals surface area contributed by atoms with Gasteiger partial charge in [-0.1, -0.05) is 54.1 Å². The Morgan fingerprint density at radius 1 is 1.06 bits per heavy atom. The molecule has 1 aromatic heterocycles. The number of fused-ring (bicyclic) bond motifs is 1. The van der Waals surface area contributed by atoms with Crippen LogP contribution in [-0.4, -0.2) is 15.7 Å². The van der Waals surface area contributed by atoms with Gasteiger partial charge in [-0.2, -0.15) is 5.10 Å². The van der Waals surface area contributed by atoms with Gasteiger partial charge in [0.1, 0.15) is 18.5 Å². The number of rotatable bonds is 6. The number of nitrogens with zero attached hydrogens (tertiary/aromatic N) is 2. The van der Waals surface area contributed by atoms with Gasteiger partial charge in [0.15, 0.2) is 5.69 Å². The lowest BCUT2D eigenvalue weighted by atomic mass is 10.1. The van der Waals surface area contributed by atoms with E-state index in [0.717, 1.165) is 22.6 Å². The van der Waals surface area contributed by atoms with Gasteiger partial charge in [-0.3, -0.25) is 9.48 Å². The number of nitrogens with one attached hydrogen (secondary N) is 1. The van der Waals surface area contributed by atoms with E-state index >= 15 is 0 Å². The van der Waals surface area contributed by atoms with Crippen molar-refractivity contribution in [2.75, 3.05) is 5.32 Å². The molecule has 0 saturated carbocycles. The van der Waals surface area contributed by atoms with E-state index in [0.29, 0.717) is 36.2 Å². The van der Waals surface area contributed by atoms with Crippen molar-refractivity contribution >= 4 is 23.2 Å². The molecule has 0 spiro atoms. The van der Waals surface area contributed by atoms with Crippen molar-refractivity contribution in [1.82, 2.24) is 9.78 Å². The molecule has 7 heteroatoms. The second-order valence-electron chi connectivity index (χ2n) is 7.81. The van der Waals surface area contributed by atoms with Crippen molar-refractivity contribution < 1.29 is 14.3 Å². The topological polar surface area (TPSA) is 65.4 Å². The number of carbonyl (C=O) groups is 1. The Kier molecular flexibility index (Phi) is 6.11. The van der Waals surface area contributed by atoms with Crippen molar-refractivity contribution in [3.05, 3.63) is 112 Å². The predicted molar refractivity (Wildman–Crippen MR) is 126 cm³/mol. The van der Waals surface area contributed by atoms with Gasteiger partial charge in [0.2, 0.25) is 0 Å². The van der Waals surface area contributed by atoms with E-state index in [1.54, 1.807) is 6.07 Å². The van der Waals surface area contributed by atoms with Gasteiger partial charge in [-0.25, -0.2) is 0 Å². The lowest BCUT2D eigenvalue weighted by Gasteiger charge is -2.24. The number of ether oxygens (including phenoxy) is 2. The molecule has 0 radical (unpaired) electrons. The zero-order valence-corrected chi connectivity index (χ0v) is 18.5. The van der Waals surface area contributed by atoms with E-state index in [1.807, 2.05) is 83.5 Å². The van der Waals surface area contributed by atoms with Gasteiger partial charge in [0.25, 0.3) is 5.91 Å². The maximum absolute atomic E-state index is 12.7. The first-order valence-electron chi connectivity index (χ1n) is 10.7. The van der Waals surface area contributed by atoms with Crippen LogP contribution in [0.4, 0.5) is 5.69 Å². The first-order chi connectivity index (χ1) is 16.1. The highest BCUT2D eigenvalue weighted by Gasteiger charge is 2.24. The van der Waals surface area contributed by atoms with Crippen LogP contribution < -0.4 is 10.1 Å². The lowest BCUT2D eigenvalue weighted by Crippen LogP contribution is -2.22. The van der Waals surface area contributed by atoms with E-state index in [2.05, 4.69) is 10.4 Å². The smallest absolute Gasteiger partial charge is 0.276 e. The molecule has 6 nitrogen and oxygen atoms in total. The summed E-state index contributed by atoms with van der Waals surface area (Å²) in [4.78, 5) is 12.7. The van der Waals surface area contributed by atoms with Crippen LogP contribution in [0.3, 0.4) is 0 Å². The van der Waals surface area contributed by atoms with Crippen LogP contribution in [0.25, 0.3) is 0 Å². The summed E-state index contributed by atoms with van der Waals surface area (Å²) < 4.78 is 13.6. The Bertz CT molecular complexity index is 1240. The van der Waals surface area contributed by atoms with Crippen LogP contribution in [0.2, 0.25) is 5.02 Å². The monoisotopic (exact) mass is 459 g/mol. The fraction of sp³-hybridized carbons (Fsp3) is 0.154. The van der Waals surface area contributed by atoms with Gasteiger partial charge in [-0.05, 0) is 53.6 Å². The highest BCUT2D eigenvalue weighted by Crippen LogP contribution is 2.27. The van der Waals surface area contributed by atoms with E-state index in [-0.39, 0.29) is 12.0 Å². The molecule has 4 aromatic rings. The number of aromatic nitrogens is 2. The number of hydrogen-bond donors (Lipinski definition) is 1. The van der Waals surface area contributed by atoms with Crippen LogP contribution in [0.15, 0.2) is 84.9 Å². The maximum atomic E-state index is 12.7. The van der Waals surface area contributed by atoms with Gasteiger partial charge >= 0.3 is 0 Å². The van der Waals surface area contributed by atoms with Crippen LogP contribution in [0.5, 0.6) is 5.75 Å². The molecule has 0 fully saturated rings. The molecule has 3 aromatic carbocycles. The molecule has 5 rings (SSSR count). The molecule has 1 aliphatic rings. The minimum atomic E-state index is -0.266. The Labute approximate surface area is 196 Å². The third-order valence-corrected chi connectivity index (χ3v) is 5.72. The summed E-state index contributed by atoms with van der Waals surface area (Å²) in [5, 5.41) is 8.07. The molecule has 0 unspecified atom stereocenters. The van der Waals surface area contributed by atoms with Crippen LogP contribution in [0, 0.1) is 0 Å². The Hall–Kier alpha value is -3.61. The first kappa shape index (κ1) is 21.2. The van der Waals surface area contributed by atoms with Crippen molar-refractivity contribution in [3.8, 4) is 5.75 Å². The standard InChI is InChI=1S/C26H22ClN3O3/c27-20-8-6-19(7-9-20)25-15-30-22(17-33-25)14-24(29-30)26(31)28-21-10-12-23(13-11-21)32-16-18-4-2-1-3-5-18/h1-14,25H,15-17H2,(H,28,31)/t25-/m0/s1. The summed E-state index contributed by atoms with van der Waals surface area (Å²) in [6.45, 7) is 1.42. The average Bonchev–Trinajstić information content (AvgIpc) is 3.28. The second kappa shape index (κ2) is 9.48. The second-order valence-corrected chi connectivity index (χ2v) is 8.24. The quantitative estimate of drug-likeness (QED) is 0.405. The molecule has 1 amide bonds. The normalized spacial score (nSPS) is 15.0. The van der Waals surface area contributed by atoms with E-state index in [9.17, 15) is 4.79 Å². The number of hydrogen-bond acceptors (Lipinski definition) is 4. The van der Waals surface area contributed by atoms with Gasteiger partial charge in [0, 0.05) is 10.7 Å². The van der Waals surface area contributed by atoms with Gasteiger partial charge in [0.05, 0.1) is 18.8 Å². The molecule has 0 bridgehead atoms. The minimum Gasteiger partial charge on any atom is -0.489 e. The number of amides is 1. The largest absolute Gasteiger partial charge is 0.489 e. The van der Waals surface area contributed by atoms with Crippen LogP contribution in [0.1, 0.15) is 33.4 Å². The number of anilines is 1. The summed E-state index contributed by atoms with van der Waals surface area (Å²) in [6, 6.07) is 26.6. The molecule has 1 N–H and O–H groups in total. The van der Waals surface area contributed by atoms with E-state index in [4.69, 9.17) is 21.1 Å². The zero-order chi connectivity index (χ0) is 22.6. The van der Waals surface area contributed by atoms with Crippen molar-refractivity contribution in [3.63, 3.8) is 0 Å². The van der Waals surface area contributed by atoms with E-state index < -0.39 is 0 Å². The molecule has 166 valence electrons. The average molecular weight is 460 g/mol. The zero-order valence-electron chi connectivity index (χ0n) is 17.8. The predicted octanol–water partition coefficient (Wildman–Crippen LogP) is 5.64. The minimum absolute atomic E-state index is 0.131. The number of halogens is 1. The summed E-state index contributed by atoms with van der Waals surface area (Å²) in [6.07, 6.45) is -0.131. The SMILES string of the molecule is O=C(Nc1ccc(OCc2ccccc2)cc1)c1cc2n(n1)C[C@@H](c1ccc(Cl)cc1)OC2. The van der Waals surface area contributed by atoms with Gasteiger partial charge < -0.3 is 14.8 Å². The van der Waals surface area contributed by atoms with Crippen molar-refractivity contribution in [2.24, 2.45) is 0 Å². The Balaban J connectivity index is 1.20. The van der Waals surface area contributed by atoms with Crippen molar-refractivity contribution in [1.29, 1.82) is 0 Å². The van der Waals surface area contributed by atoms with Crippen LogP contribution in [-0.2, 0) is 24.5 Å². The molecular formula is C26H22ClN3O3. The molecule has 1 atom stereocenters. The molecule has 2 heterocycles. The summed E-state index contributed by atoms with van der Waals surface area (Å²) >= 11 is 5.98. The Morgan fingerprint density at radius 3 is 2.58 bits per heavy atom. The summed E-state index contributed by atoms with van der Waals surface area (Å²) in [5.41, 5.74) is 4.03. The molecule has 0 saturated heterocycles. The van der Waals surface area contributed by atoms with E-state index in [1.165, 1.54) is 0 Å². The number of benzene rings is 3. The summed E-state index contributed by atoms with van der Waals surface area (Å²) in [5.74, 6) is 0.470. The molecule has 33 heavy (non-hydrogen) atoms. The molecule has 1 aliphatic heterocycles. The van der Waals surface area contributed by atoms with Crippen LogP contribution >= 0.6 is 11.6 Å². The lowest BCUT2D eigenvalue weighted by molar-refractivity contribution is -0.00118. The highest BCUT2D eigenvalue weighted by molar-refractivity contribution is 6.30. The molecular weight excluding hydrogens is 438 g/mol.